The molecular weight excluding hydrogens is 240 g/mol. The van der Waals surface area contributed by atoms with Crippen molar-refractivity contribution < 1.29 is 9.90 Å². The van der Waals surface area contributed by atoms with E-state index in [1.807, 2.05) is 49.5 Å². The zero-order valence-corrected chi connectivity index (χ0v) is 10.4. The average Bonchev–Trinajstić information content (AvgIpc) is 2.78. The van der Waals surface area contributed by atoms with Gasteiger partial charge in [-0.05, 0) is 25.1 Å². The summed E-state index contributed by atoms with van der Waals surface area (Å²) in [6.07, 6.45) is 1.83. The van der Waals surface area contributed by atoms with Crippen LogP contribution in [0.2, 0.25) is 0 Å². The molecule has 0 unspecified atom stereocenters. The summed E-state index contributed by atoms with van der Waals surface area (Å²) in [5, 5.41) is 9.22. The molecule has 19 heavy (non-hydrogen) atoms. The molecule has 3 rings (SSSR count). The quantitative estimate of drug-likeness (QED) is 0.762. The van der Waals surface area contributed by atoms with Crippen LogP contribution < -0.4 is 0 Å². The van der Waals surface area contributed by atoms with Crippen LogP contribution in [0.4, 0.5) is 0 Å². The van der Waals surface area contributed by atoms with Gasteiger partial charge in [-0.25, -0.2) is 9.78 Å². The maximum atomic E-state index is 11.3. The predicted octanol–water partition coefficient (Wildman–Crippen LogP) is 3.01. The first-order valence-corrected chi connectivity index (χ1v) is 5.94. The van der Waals surface area contributed by atoms with Gasteiger partial charge in [-0.15, -0.1) is 0 Å². The highest BCUT2D eigenvalue weighted by Crippen LogP contribution is 2.23. The van der Waals surface area contributed by atoms with Crippen LogP contribution in [-0.2, 0) is 0 Å². The zero-order chi connectivity index (χ0) is 13.4. The van der Waals surface area contributed by atoms with Gasteiger partial charge in [0, 0.05) is 11.8 Å². The molecule has 1 aromatic carbocycles. The fourth-order valence-corrected chi connectivity index (χ4v) is 2.18. The molecule has 0 saturated heterocycles. The highest BCUT2D eigenvalue weighted by molar-refractivity contribution is 5.94. The highest BCUT2D eigenvalue weighted by atomic mass is 16.4. The van der Waals surface area contributed by atoms with Crippen molar-refractivity contribution in [3.05, 3.63) is 59.9 Å². The van der Waals surface area contributed by atoms with E-state index in [4.69, 9.17) is 0 Å². The first kappa shape index (κ1) is 11.5. The van der Waals surface area contributed by atoms with Crippen LogP contribution in [0, 0.1) is 6.92 Å². The lowest BCUT2D eigenvalue weighted by Gasteiger charge is -2.01. The summed E-state index contributed by atoms with van der Waals surface area (Å²) in [6, 6.07) is 13.3. The molecule has 0 atom stereocenters. The fraction of sp³-hybridized carbons (Fsp3) is 0.0667. The Labute approximate surface area is 110 Å². The van der Waals surface area contributed by atoms with Gasteiger partial charge < -0.3 is 5.11 Å². The van der Waals surface area contributed by atoms with E-state index in [0.717, 1.165) is 11.1 Å². The first-order chi connectivity index (χ1) is 9.16. The van der Waals surface area contributed by atoms with Crippen molar-refractivity contribution in [1.82, 2.24) is 9.38 Å². The Hall–Kier alpha value is -2.62. The minimum Gasteiger partial charge on any atom is -0.476 e. The number of carboxylic acid groups (broad SMARTS) is 1. The van der Waals surface area contributed by atoms with Gasteiger partial charge in [0.05, 0.1) is 5.52 Å². The third-order valence-corrected chi connectivity index (χ3v) is 3.03. The average molecular weight is 252 g/mol. The number of aryl methyl sites for hydroxylation is 1. The maximum Gasteiger partial charge on any atom is 0.356 e. The van der Waals surface area contributed by atoms with Crippen molar-refractivity contribution in [1.29, 1.82) is 0 Å². The van der Waals surface area contributed by atoms with Gasteiger partial charge in [-0.1, -0.05) is 29.8 Å². The summed E-state index contributed by atoms with van der Waals surface area (Å²) in [7, 11) is 0. The molecule has 0 fully saturated rings. The van der Waals surface area contributed by atoms with Crippen LogP contribution in [0.1, 0.15) is 16.1 Å². The monoisotopic (exact) mass is 252 g/mol. The van der Waals surface area contributed by atoms with Crippen LogP contribution >= 0.6 is 0 Å². The Bertz CT molecular complexity index is 775. The van der Waals surface area contributed by atoms with Gasteiger partial charge in [0.1, 0.15) is 5.82 Å². The Morgan fingerprint density at radius 1 is 1.21 bits per heavy atom. The number of imidazole rings is 1. The van der Waals surface area contributed by atoms with Crippen LogP contribution in [0.15, 0.2) is 48.7 Å². The molecule has 0 aliphatic heterocycles. The number of aromatic carboxylic acids is 1. The highest BCUT2D eigenvalue weighted by Gasteiger charge is 2.16. The molecule has 94 valence electrons. The molecule has 1 N–H and O–H groups in total. The second-order valence-electron chi connectivity index (χ2n) is 4.41. The van der Waals surface area contributed by atoms with Gasteiger partial charge >= 0.3 is 5.97 Å². The van der Waals surface area contributed by atoms with Gasteiger partial charge in [0.15, 0.2) is 5.69 Å². The van der Waals surface area contributed by atoms with Crippen LogP contribution in [0.5, 0.6) is 0 Å². The molecule has 4 heteroatoms. The molecule has 0 aliphatic rings. The number of carbonyl (C=O) groups is 1. The van der Waals surface area contributed by atoms with E-state index in [2.05, 4.69) is 4.98 Å². The Morgan fingerprint density at radius 2 is 2.05 bits per heavy atom. The lowest BCUT2D eigenvalue weighted by molar-refractivity contribution is 0.0693. The van der Waals surface area contributed by atoms with Gasteiger partial charge in [-0.3, -0.25) is 4.40 Å². The summed E-state index contributed by atoms with van der Waals surface area (Å²) in [5.74, 6) is -0.362. The Kier molecular flexibility index (Phi) is 2.56. The number of benzene rings is 1. The summed E-state index contributed by atoms with van der Waals surface area (Å²) in [4.78, 5) is 15.5. The lowest BCUT2D eigenvalue weighted by Crippen LogP contribution is -1.96. The van der Waals surface area contributed by atoms with E-state index >= 15 is 0 Å². The first-order valence-electron chi connectivity index (χ1n) is 5.94. The van der Waals surface area contributed by atoms with E-state index in [1.165, 1.54) is 0 Å². The van der Waals surface area contributed by atoms with Crippen molar-refractivity contribution in [3.63, 3.8) is 0 Å². The van der Waals surface area contributed by atoms with Gasteiger partial charge in [0.25, 0.3) is 0 Å². The summed E-state index contributed by atoms with van der Waals surface area (Å²) >= 11 is 0. The van der Waals surface area contributed by atoms with Gasteiger partial charge in [0.2, 0.25) is 0 Å². The molecule has 0 amide bonds. The topological polar surface area (TPSA) is 54.6 Å². The summed E-state index contributed by atoms with van der Waals surface area (Å²) < 4.78 is 1.80. The van der Waals surface area contributed by atoms with Crippen LogP contribution in [-0.4, -0.2) is 20.5 Å². The molecule has 0 saturated carbocycles. The number of nitrogens with zero attached hydrogens (tertiary/aromatic N) is 2. The molecule has 3 aromatic rings. The molecule has 0 bridgehead atoms. The number of carboxylic acids is 1. The minimum absolute atomic E-state index is 0.0807. The zero-order valence-electron chi connectivity index (χ0n) is 10.4. The second-order valence-corrected chi connectivity index (χ2v) is 4.41. The fourth-order valence-electron chi connectivity index (χ4n) is 2.18. The molecule has 0 spiro atoms. The Balaban J connectivity index is 2.33. The van der Waals surface area contributed by atoms with Crippen LogP contribution in [0.25, 0.3) is 16.9 Å². The standard InChI is InChI=1S/C15H12N2O2/c1-10-5-4-6-11(9-10)14-16-13(15(18)19)12-7-2-3-8-17(12)14/h2-9H,1H3,(H,18,19). The second kappa shape index (κ2) is 4.24. The molecular formula is C15H12N2O2. The maximum absolute atomic E-state index is 11.3. The van der Waals surface area contributed by atoms with Crippen molar-refractivity contribution in [2.45, 2.75) is 6.92 Å². The number of aromatic nitrogens is 2. The normalized spacial score (nSPS) is 10.8. The molecule has 0 aliphatic carbocycles. The number of rotatable bonds is 2. The molecule has 2 aromatic heterocycles. The summed E-state index contributed by atoms with van der Waals surface area (Å²) in [5.41, 5.74) is 2.71. The van der Waals surface area contributed by atoms with Gasteiger partial charge in [-0.2, -0.15) is 0 Å². The predicted molar refractivity (Wildman–Crippen MR) is 72.3 cm³/mol. The minimum atomic E-state index is -1.01. The molecule has 2 heterocycles. The third-order valence-electron chi connectivity index (χ3n) is 3.03. The van der Waals surface area contributed by atoms with Crippen molar-refractivity contribution >= 4 is 11.5 Å². The third kappa shape index (κ3) is 1.87. The Morgan fingerprint density at radius 3 is 2.79 bits per heavy atom. The van der Waals surface area contributed by atoms with E-state index in [1.54, 1.807) is 10.5 Å². The largest absolute Gasteiger partial charge is 0.476 e. The molecule has 0 radical (unpaired) electrons. The van der Waals surface area contributed by atoms with E-state index < -0.39 is 5.97 Å². The van der Waals surface area contributed by atoms with E-state index in [-0.39, 0.29) is 5.69 Å². The number of pyridine rings is 1. The van der Waals surface area contributed by atoms with E-state index in [9.17, 15) is 9.90 Å². The van der Waals surface area contributed by atoms with Crippen molar-refractivity contribution in [2.24, 2.45) is 0 Å². The van der Waals surface area contributed by atoms with Crippen molar-refractivity contribution in [2.75, 3.05) is 0 Å². The van der Waals surface area contributed by atoms with Crippen molar-refractivity contribution in [3.8, 4) is 11.4 Å². The number of fused-ring (bicyclic) bond motifs is 1. The summed E-state index contributed by atoms with van der Waals surface area (Å²) in [6.45, 7) is 2.00. The smallest absolute Gasteiger partial charge is 0.356 e. The number of hydrogen-bond acceptors (Lipinski definition) is 2. The molecule has 4 nitrogen and oxygen atoms in total. The SMILES string of the molecule is Cc1cccc(-c2nc(C(=O)O)c3ccccn23)c1. The van der Waals surface area contributed by atoms with Crippen LogP contribution in [0.3, 0.4) is 0 Å². The lowest BCUT2D eigenvalue weighted by atomic mass is 10.1. The number of hydrogen-bond donors (Lipinski definition) is 1. The van der Waals surface area contributed by atoms with E-state index in [0.29, 0.717) is 11.3 Å².